The summed E-state index contributed by atoms with van der Waals surface area (Å²) in [6, 6.07) is 7.32. The van der Waals surface area contributed by atoms with Gasteiger partial charge in [-0.2, -0.15) is 5.10 Å². The molecular weight excluding hydrogens is 294 g/mol. The van der Waals surface area contributed by atoms with Crippen LogP contribution < -0.4 is 0 Å². The normalized spacial score (nSPS) is 21.4. The number of nitrogens with zero attached hydrogens (tertiary/aromatic N) is 2. The molecule has 6 heteroatoms. The maximum absolute atomic E-state index is 12.2. The summed E-state index contributed by atoms with van der Waals surface area (Å²) < 4.78 is 5.17. The zero-order valence-electron chi connectivity index (χ0n) is 13.4. The van der Waals surface area contributed by atoms with Crippen LogP contribution in [0, 0.1) is 11.8 Å². The van der Waals surface area contributed by atoms with Crippen LogP contribution in [-0.2, 0) is 9.53 Å². The van der Waals surface area contributed by atoms with Gasteiger partial charge >= 0.3 is 5.97 Å². The largest absolute Gasteiger partial charge is 0.451 e. The second-order valence-electron chi connectivity index (χ2n) is 6.44. The van der Waals surface area contributed by atoms with Crippen LogP contribution in [0.4, 0.5) is 0 Å². The highest BCUT2D eigenvalue weighted by molar-refractivity contribution is 6.02. The second-order valence-corrected chi connectivity index (χ2v) is 6.44. The molecule has 1 fully saturated rings. The Bertz CT molecular complexity index is 715. The van der Waals surface area contributed by atoms with E-state index in [0.717, 1.165) is 25.0 Å². The lowest BCUT2D eigenvalue weighted by Gasteiger charge is -2.34. The number of fused-ring (bicyclic) bond motifs is 1. The smallest absolute Gasteiger partial charge is 0.359 e. The molecule has 0 saturated carbocycles. The Morgan fingerprint density at radius 1 is 1.26 bits per heavy atom. The van der Waals surface area contributed by atoms with Crippen molar-refractivity contribution >= 4 is 22.8 Å². The molecule has 1 aliphatic rings. The van der Waals surface area contributed by atoms with Gasteiger partial charge in [0, 0.05) is 18.5 Å². The van der Waals surface area contributed by atoms with Gasteiger partial charge in [0.15, 0.2) is 12.3 Å². The van der Waals surface area contributed by atoms with Crippen LogP contribution >= 0.6 is 0 Å². The summed E-state index contributed by atoms with van der Waals surface area (Å²) in [5.41, 5.74) is 0.984. The van der Waals surface area contributed by atoms with Crippen molar-refractivity contribution < 1.29 is 14.3 Å². The maximum Gasteiger partial charge on any atom is 0.359 e. The molecule has 23 heavy (non-hydrogen) atoms. The van der Waals surface area contributed by atoms with E-state index in [2.05, 4.69) is 24.0 Å². The fraction of sp³-hybridized carbons (Fsp3) is 0.471. The minimum atomic E-state index is -0.575. The third kappa shape index (κ3) is 3.36. The van der Waals surface area contributed by atoms with Crippen LogP contribution in [-0.4, -0.2) is 46.7 Å². The minimum absolute atomic E-state index is 0.142. The number of piperidine rings is 1. The summed E-state index contributed by atoms with van der Waals surface area (Å²) in [6.07, 6.45) is 1.13. The van der Waals surface area contributed by atoms with Crippen molar-refractivity contribution in [2.24, 2.45) is 11.8 Å². The number of nitrogens with one attached hydrogen (secondary N) is 1. The van der Waals surface area contributed by atoms with E-state index in [-0.39, 0.29) is 18.2 Å². The van der Waals surface area contributed by atoms with Crippen LogP contribution in [0.3, 0.4) is 0 Å². The van der Waals surface area contributed by atoms with Crippen molar-refractivity contribution in [1.82, 2.24) is 15.1 Å². The fourth-order valence-electron chi connectivity index (χ4n) is 3.27. The number of rotatable bonds is 3. The molecular formula is C17H21N3O3. The molecule has 0 radical (unpaired) electrons. The van der Waals surface area contributed by atoms with E-state index in [1.165, 1.54) is 0 Å². The average molecular weight is 315 g/mol. The first-order valence-corrected chi connectivity index (χ1v) is 7.92. The van der Waals surface area contributed by atoms with Gasteiger partial charge in [-0.05, 0) is 24.3 Å². The molecule has 2 heterocycles. The summed E-state index contributed by atoms with van der Waals surface area (Å²) in [4.78, 5) is 26.2. The summed E-state index contributed by atoms with van der Waals surface area (Å²) in [5.74, 6) is 0.243. The molecule has 1 aromatic carbocycles. The molecule has 0 bridgehead atoms. The molecule has 1 aliphatic heterocycles. The number of para-hydroxylation sites is 1. The zero-order valence-corrected chi connectivity index (χ0v) is 13.4. The number of aromatic nitrogens is 2. The number of ether oxygens (including phenoxy) is 1. The van der Waals surface area contributed by atoms with Gasteiger partial charge in [-0.3, -0.25) is 9.89 Å². The van der Waals surface area contributed by atoms with Crippen LogP contribution in [0.1, 0.15) is 30.8 Å². The molecule has 0 aliphatic carbocycles. The minimum Gasteiger partial charge on any atom is -0.451 e. The number of esters is 1. The third-order valence-corrected chi connectivity index (χ3v) is 4.21. The predicted molar refractivity (Wildman–Crippen MR) is 85.9 cm³/mol. The maximum atomic E-state index is 12.2. The summed E-state index contributed by atoms with van der Waals surface area (Å²) in [6.45, 7) is 5.49. The van der Waals surface area contributed by atoms with Crippen LogP contribution in [0.5, 0.6) is 0 Å². The molecule has 1 amide bonds. The summed E-state index contributed by atoms with van der Waals surface area (Å²) in [5, 5.41) is 7.47. The first kappa shape index (κ1) is 15.5. The standard InChI is InChI=1S/C17H21N3O3/c1-11-7-12(2)9-20(8-11)15(21)10-23-17(22)16-13-5-3-4-6-14(13)18-19-16/h3-6,11-12H,7-10H2,1-2H3,(H,18,19)/t11-,12+. The Morgan fingerprint density at radius 3 is 2.70 bits per heavy atom. The Balaban J connectivity index is 1.61. The number of hydrogen-bond acceptors (Lipinski definition) is 4. The van der Waals surface area contributed by atoms with Crippen molar-refractivity contribution in [3.05, 3.63) is 30.0 Å². The lowest BCUT2D eigenvalue weighted by molar-refractivity contribution is -0.137. The van der Waals surface area contributed by atoms with Crippen molar-refractivity contribution in [3.63, 3.8) is 0 Å². The van der Waals surface area contributed by atoms with Crippen LogP contribution in [0.25, 0.3) is 10.9 Å². The number of amides is 1. The Labute approximate surface area is 134 Å². The number of H-pyrrole nitrogens is 1. The molecule has 2 atom stereocenters. The van der Waals surface area contributed by atoms with Gasteiger partial charge in [-0.15, -0.1) is 0 Å². The Kier molecular flexibility index (Phi) is 4.32. The van der Waals surface area contributed by atoms with E-state index in [1.807, 2.05) is 18.2 Å². The Morgan fingerprint density at radius 2 is 1.96 bits per heavy atom. The number of carbonyl (C=O) groups excluding carboxylic acids is 2. The molecule has 6 nitrogen and oxygen atoms in total. The van der Waals surface area contributed by atoms with Gasteiger partial charge in [0.25, 0.3) is 5.91 Å². The molecule has 1 saturated heterocycles. The second kappa shape index (κ2) is 6.40. The van der Waals surface area contributed by atoms with Crippen LogP contribution in [0.15, 0.2) is 24.3 Å². The molecule has 0 unspecified atom stereocenters. The van der Waals surface area contributed by atoms with Crippen LogP contribution in [0.2, 0.25) is 0 Å². The van der Waals surface area contributed by atoms with Gasteiger partial charge in [-0.25, -0.2) is 4.79 Å². The Hall–Kier alpha value is -2.37. The van der Waals surface area contributed by atoms with Gasteiger partial charge in [0.1, 0.15) is 0 Å². The SMILES string of the molecule is C[C@@H]1C[C@H](C)CN(C(=O)COC(=O)c2n[nH]c3ccccc23)C1. The average Bonchev–Trinajstić information content (AvgIpc) is 2.95. The summed E-state index contributed by atoms with van der Waals surface area (Å²) >= 11 is 0. The molecule has 3 rings (SSSR count). The molecule has 0 spiro atoms. The van der Waals surface area contributed by atoms with Crippen molar-refractivity contribution in [3.8, 4) is 0 Å². The highest BCUT2D eigenvalue weighted by Crippen LogP contribution is 2.21. The highest BCUT2D eigenvalue weighted by Gasteiger charge is 2.26. The number of hydrogen-bond donors (Lipinski definition) is 1. The lowest BCUT2D eigenvalue weighted by atomic mass is 9.92. The number of likely N-dealkylation sites (tertiary alicyclic amines) is 1. The highest BCUT2D eigenvalue weighted by atomic mass is 16.5. The molecule has 1 N–H and O–H groups in total. The number of benzene rings is 1. The van der Waals surface area contributed by atoms with E-state index >= 15 is 0 Å². The van der Waals surface area contributed by atoms with E-state index in [1.54, 1.807) is 11.0 Å². The predicted octanol–water partition coefficient (Wildman–Crippen LogP) is 2.22. The van der Waals surface area contributed by atoms with Gasteiger partial charge < -0.3 is 9.64 Å². The van der Waals surface area contributed by atoms with Gasteiger partial charge in [0.05, 0.1) is 5.52 Å². The van der Waals surface area contributed by atoms with E-state index in [0.29, 0.717) is 17.2 Å². The quantitative estimate of drug-likeness (QED) is 0.881. The van der Waals surface area contributed by atoms with Crippen molar-refractivity contribution in [2.75, 3.05) is 19.7 Å². The van der Waals surface area contributed by atoms with E-state index in [4.69, 9.17) is 4.74 Å². The number of aromatic amines is 1. The first-order valence-electron chi connectivity index (χ1n) is 7.92. The molecule has 2 aromatic rings. The first-order chi connectivity index (χ1) is 11.0. The molecule has 1 aromatic heterocycles. The third-order valence-electron chi connectivity index (χ3n) is 4.21. The van der Waals surface area contributed by atoms with Gasteiger partial charge in [0.2, 0.25) is 0 Å². The fourth-order valence-corrected chi connectivity index (χ4v) is 3.27. The van der Waals surface area contributed by atoms with Crippen molar-refractivity contribution in [2.45, 2.75) is 20.3 Å². The molecule has 122 valence electrons. The monoisotopic (exact) mass is 315 g/mol. The van der Waals surface area contributed by atoms with E-state index in [9.17, 15) is 9.59 Å². The van der Waals surface area contributed by atoms with E-state index < -0.39 is 5.97 Å². The number of carbonyl (C=O) groups is 2. The topological polar surface area (TPSA) is 75.3 Å². The van der Waals surface area contributed by atoms with Crippen molar-refractivity contribution in [1.29, 1.82) is 0 Å². The zero-order chi connectivity index (χ0) is 16.4. The summed E-state index contributed by atoms with van der Waals surface area (Å²) in [7, 11) is 0. The van der Waals surface area contributed by atoms with Gasteiger partial charge in [-0.1, -0.05) is 32.0 Å². The lowest BCUT2D eigenvalue weighted by Crippen LogP contribution is -2.44.